The molecular formula is C21H29N5O2. The lowest BCUT2D eigenvalue weighted by Crippen LogP contribution is -2.40. The number of amides is 2. The molecule has 0 spiro atoms. The molecule has 1 aliphatic rings. The lowest BCUT2D eigenvalue weighted by Gasteiger charge is -2.32. The molecule has 1 saturated heterocycles. The van der Waals surface area contributed by atoms with Crippen LogP contribution in [0.25, 0.3) is 0 Å². The van der Waals surface area contributed by atoms with Crippen LogP contribution in [-0.4, -0.2) is 51.1 Å². The number of nitrogens with zero attached hydrogens (tertiary/aromatic N) is 4. The Labute approximate surface area is 166 Å². The minimum Gasteiger partial charge on any atom is -0.352 e. The van der Waals surface area contributed by atoms with Gasteiger partial charge in [0.25, 0.3) is 5.91 Å². The smallest absolute Gasteiger partial charge is 0.251 e. The van der Waals surface area contributed by atoms with E-state index >= 15 is 0 Å². The molecule has 0 saturated carbocycles. The third kappa shape index (κ3) is 4.97. The Hall–Kier alpha value is -2.70. The highest BCUT2D eigenvalue weighted by Gasteiger charge is 2.24. The average Bonchev–Trinajstić information content (AvgIpc) is 3.22. The fourth-order valence-electron chi connectivity index (χ4n) is 3.45. The third-order valence-corrected chi connectivity index (χ3v) is 5.27. The van der Waals surface area contributed by atoms with Crippen LogP contribution < -0.4 is 5.32 Å². The zero-order chi connectivity index (χ0) is 20.1. The van der Waals surface area contributed by atoms with Gasteiger partial charge in [-0.2, -0.15) is 5.10 Å². The van der Waals surface area contributed by atoms with Crippen LogP contribution in [-0.2, 0) is 10.2 Å². The van der Waals surface area contributed by atoms with Crippen molar-refractivity contribution in [3.8, 4) is 0 Å². The summed E-state index contributed by atoms with van der Waals surface area (Å²) in [5.41, 5.74) is 1.87. The van der Waals surface area contributed by atoms with Crippen LogP contribution in [0, 0.1) is 0 Å². The van der Waals surface area contributed by atoms with E-state index in [1.54, 1.807) is 6.33 Å². The fraction of sp³-hybridized carbons (Fsp3) is 0.524. The molecule has 150 valence electrons. The second-order valence-electron chi connectivity index (χ2n) is 8.32. The number of hydrogen-bond donors (Lipinski definition) is 1. The molecule has 1 aromatic heterocycles. The molecule has 7 heteroatoms. The highest BCUT2D eigenvalue weighted by molar-refractivity contribution is 5.94. The zero-order valence-electron chi connectivity index (χ0n) is 16.9. The van der Waals surface area contributed by atoms with Crippen molar-refractivity contribution in [1.82, 2.24) is 25.0 Å². The predicted molar refractivity (Wildman–Crippen MR) is 107 cm³/mol. The van der Waals surface area contributed by atoms with Crippen LogP contribution in [0.15, 0.2) is 36.9 Å². The quantitative estimate of drug-likeness (QED) is 0.860. The van der Waals surface area contributed by atoms with Gasteiger partial charge in [-0.25, -0.2) is 9.67 Å². The van der Waals surface area contributed by atoms with Crippen molar-refractivity contribution in [3.63, 3.8) is 0 Å². The van der Waals surface area contributed by atoms with Crippen molar-refractivity contribution in [1.29, 1.82) is 0 Å². The first kappa shape index (κ1) is 20.0. The summed E-state index contributed by atoms with van der Waals surface area (Å²) < 4.78 is 1.87. The number of piperidine rings is 1. The predicted octanol–water partition coefficient (Wildman–Crippen LogP) is 2.56. The van der Waals surface area contributed by atoms with Gasteiger partial charge in [0.2, 0.25) is 5.91 Å². The van der Waals surface area contributed by atoms with Crippen LogP contribution in [0.3, 0.4) is 0 Å². The molecular weight excluding hydrogens is 354 g/mol. The van der Waals surface area contributed by atoms with E-state index in [9.17, 15) is 9.59 Å². The summed E-state index contributed by atoms with van der Waals surface area (Å²) >= 11 is 0. The zero-order valence-corrected chi connectivity index (χ0v) is 16.9. The van der Waals surface area contributed by atoms with E-state index in [1.807, 2.05) is 33.8 Å². The molecule has 0 radical (unpaired) electrons. The Morgan fingerprint density at radius 1 is 1.14 bits per heavy atom. The lowest BCUT2D eigenvalue weighted by atomic mass is 9.87. The maximum Gasteiger partial charge on any atom is 0.251 e. The summed E-state index contributed by atoms with van der Waals surface area (Å²) in [7, 11) is 0. The fourth-order valence-corrected chi connectivity index (χ4v) is 3.45. The molecule has 1 aliphatic heterocycles. The van der Waals surface area contributed by atoms with Crippen molar-refractivity contribution in [3.05, 3.63) is 48.0 Å². The van der Waals surface area contributed by atoms with Gasteiger partial charge in [0.1, 0.15) is 12.7 Å². The van der Waals surface area contributed by atoms with Gasteiger partial charge < -0.3 is 10.2 Å². The minimum atomic E-state index is -0.141. The second-order valence-corrected chi connectivity index (χ2v) is 8.32. The first-order valence-corrected chi connectivity index (χ1v) is 9.85. The molecule has 28 heavy (non-hydrogen) atoms. The highest BCUT2D eigenvalue weighted by atomic mass is 16.2. The van der Waals surface area contributed by atoms with Crippen molar-refractivity contribution in [2.75, 3.05) is 19.6 Å². The van der Waals surface area contributed by atoms with Gasteiger partial charge in [0, 0.05) is 31.6 Å². The molecule has 0 bridgehead atoms. The molecule has 2 aromatic rings. The lowest BCUT2D eigenvalue weighted by molar-refractivity contribution is -0.132. The number of benzene rings is 1. The van der Waals surface area contributed by atoms with Gasteiger partial charge >= 0.3 is 0 Å². The minimum absolute atomic E-state index is 0.0583. The summed E-state index contributed by atoms with van der Waals surface area (Å²) in [5, 5.41) is 7.03. The van der Waals surface area contributed by atoms with Gasteiger partial charge in [-0.1, -0.05) is 32.9 Å². The number of aromatic nitrogens is 3. The van der Waals surface area contributed by atoms with Crippen LogP contribution in [0.5, 0.6) is 0 Å². The summed E-state index contributed by atoms with van der Waals surface area (Å²) in [5.74, 6) is -0.0569. The van der Waals surface area contributed by atoms with Crippen molar-refractivity contribution in [2.45, 2.75) is 51.5 Å². The number of carbonyl (C=O) groups excluding carboxylic acids is 2. The number of rotatable bonds is 5. The van der Waals surface area contributed by atoms with Crippen LogP contribution in [0.4, 0.5) is 0 Å². The maximum absolute atomic E-state index is 12.4. The SMILES string of the molecule is CC(C)(C)c1ccc(C(=O)NCCC(=O)N2CCC(n3cncn3)CC2)cc1. The molecule has 0 aliphatic carbocycles. The van der Waals surface area contributed by atoms with E-state index in [1.165, 1.54) is 11.9 Å². The summed E-state index contributed by atoms with van der Waals surface area (Å²) in [4.78, 5) is 30.5. The average molecular weight is 383 g/mol. The van der Waals surface area contributed by atoms with Crippen molar-refractivity contribution in [2.24, 2.45) is 0 Å². The van der Waals surface area contributed by atoms with Gasteiger partial charge in [-0.3, -0.25) is 9.59 Å². The molecule has 1 aromatic carbocycles. The summed E-state index contributed by atoms with van der Waals surface area (Å²) in [6, 6.07) is 7.96. The monoisotopic (exact) mass is 383 g/mol. The molecule has 1 fully saturated rings. The first-order valence-electron chi connectivity index (χ1n) is 9.85. The Bertz CT molecular complexity index is 785. The van der Waals surface area contributed by atoms with Gasteiger partial charge in [-0.15, -0.1) is 0 Å². The highest BCUT2D eigenvalue weighted by Crippen LogP contribution is 2.22. The Kier molecular flexibility index (Phi) is 6.11. The van der Waals surface area contributed by atoms with Crippen molar-refractivity contribution < 1.29 is 9.59 Å². The Morgan fingerprint density at radius 2 is 1.82 bits per heavy atom. The van der Waals surface area contributed by atoms with Crippen molar-refractivity contribution >= 4 is 11.8 Å². The Morgan fingerprint density at radius 3 is 2.39 bits per heavy atom. The molecule has 2 heterocycles. The number of likely N-dealkylation sites (tertiary alicyclic amines) is 1. The first-order chi connectivity index (χ1) is 13.3. The maximum atomic E-state index is 12.4. The molecule has 0 unspecified atom stereocenters. The molecule has 3 rings (SSSR count). The molecule has 0 atom stereocenters. The summed E-state index contributed by atoms with van der Waals surface area (Å²) in [6.45, 7) is 8.20. The van der Waals surface area contributed by atoms with E-state index in [2.05, 4.69) is 36.2 Å². The number of nitrogens with one attached hydrogen (secondary N) is 1. The van der Waals surface area contributed by atoms with Crippen LogP contribution >= 0.6 is 0 Å². The topological polar surface area (TPSA) is 80.1 Å². The van der Waals surface area contributed by atoms with Gasteiger partial charge in [0.05, 0.1) is 6.04 Å². The van der Waals surface area contributed by atoms with Crippen LogP contribution in [0.1, 0.15) is 62.0 Å². The molecule has 2 amide bonds. The van der Waals surface area contributed by atoms with E-state index in [4.69, 9.17) is 0 Å². The van der Waals surface area contributed by atoms with Gasteiger partial charge in [-0.05, 0) is 36.0 Å². The molecule has 7 nitrogen and oxygen atoms in total. The van der Waals surface area contributed by atoms with Crippen LogP contribution in [0.2, 0.25) is 0 Å². The summed E-state index contributed by atoms with van der Waals surface area (Å²) in [6.07, 6.45) is 5.34. The standard InChI is InChI=1S/C21H29N5O2/c1-21(2,3)17-6-4-16(5-7-17)20(28)23-11-8-19(27)25-12-9-18(10-13-25)26-15-22-14-24-26/h4-7,14-15,18H,8-13H2,1-3H3,(H,23,28). The largest absolute Gasteiger partial charge is 0.352 e. The van der Waals surface area contributed by atoms with E-state index < -0.39 is 0 Å². The second kappa shape index (κ2) is 8.54. The number of hydrogen-bond acceptors (Lipinski definition) is 4. The van der Waals surface area contributed by atoms with E-state index in [-0.39, 0.29) is 17.2 Å². The normalized spacial score (nSPS) is 15.5. The number of carbonyl (C=O) groups is 2. The molecule has 1 N–H and O–H groups in total. The van der Waals surface area contributed by atoms with E-state index in [0.717, 1.165) is 12.8 Å². The Balaban J connectivity index is 1.41. The third-order valence-electron chi connectivity index (χ3n) is 5.27. The van der Waals surface area contributed by atoms with Gasteiger partial charge in [0.15, 0.2) is 0 Å². The van der Waals surface area contributed by atoms with E-state index in [0.29, 0.717) is 37.7 Å².